The second-order valence-corrected chi connectivity index (χ2v) is 8.31. The van der Waals surface area contributed by atoms with Gasteiger partial charge in [0.25, 0.3) is 5.91 Å². The predicted molar refractivity (Wildman–Crippen MR) is 135 cm³/mol. The fourth-order valence-electron chi connectivity index (χ4n) is 4.04. The summed E-state index contributed by atoms with van der Waals surface area (Å²) < 4.78 is 15.3. The Bertz CT molecular complexity index is 1360. The predicted octanol–water partition coefficient (Wildman–Crippen LogP) is 6.52. The minimum atomic E-state index is -0.334. The maximum Gasteiger partial charge on any atom is 0.258 e. The van der Waals surface area contributed by atoms with E-state index in [1.165, 1.54) is 12.1 Å². The lowest BCUT2D eigenvalue weighted by molar-refractivity contribution is 0.0731. The maximum atomic E-state index is 14.1. The number of benzene rings is 4. The molecule has 5 heteroatoms. The lowest BCUT2D eigenvalue weighted by Crippen LogP contribution is -2.30. The number of rotatable bonds is 7. The minimum Gasteiger partial charge on any atom is -0.330 e. The molecule has 0 fully saturated rings. The van der Waals surface area contributed by atoms with Crippen LogP contribution in [-0.2, 0) is 13.1 Å². The zero-order valence-electron chi connectivity index (χ0n) is 19.1. The molecule has 35 heavy (non-hydrogen) atoms. The van der Waals surface area contributed by atoms with Gasteiger partial charge < -0.3 is 4.90 Å². The molecule has 0 radical (unpaired) electrons. The summed E-state index contributed by atoms with van der Waals surface area (Å²) in [5, 5.41) is 4.74. The zero-order valence-corrected chi connectivity index (χ0v) is 19.1. The average Bonchev–Trinajstić information content (AvgIpc) is 3.36. The highest BCUT2D eigenvalue weighted by Crippen LogP contribution is 2.26. The van der Waals surface area contributed by atoms with Gasteiger partial charge in [-0.25, -0.2) is 9.07 Å². The number of amides is 1. The van der Waals surface area contributed by atoms with Crippen LogP contribution < -0.4 is 0 Å². The van der Waals surface area contributed by atoms with Crippen LogP contribution in [0.4, 0.5) is 4.39 Å². The van der Waals surface area contributed by atoms with Gasteiger partial charge in [0.1, 0.15) is 11.5 Å². The summed E-state index contributed by atoms with van der Waals surface area (Å²) in [6.07, 6.45) is 1.76. The molecule has 1 aromatic heterocycles. The number of hydrogen-bond acceptors (Lipinski definition) is 2. The van der Waals surface area contributed by atoms with Crippen LogP contribution in [0.2, 0.25) is 0 Å². The van der Waals surface area contributed by atoms with Gasteiger partial charge in [0.15, 0.2) is 0 Å². The summed E-state index contributed by atoms with van der Waals surface area (Å²) in [7, 11) is 0. The van der Waals surface area contributed by atoms with Crippen LogP contribution in [0.1, 0.15) is 21.5 Å². The minimum absolute atomic E-state index is 0.140. The molecule has 1 heterocycles. The van der Waals surface area contributed by atoms with E-state index < -0.39 is 0 Å². The third-order valence-electron chi connectivity index (χ3n) is 5.80. The summed E-state index contributed by atoms with van der Waals surface area (Å²) >= 11 is 0. The van der Waals surface area contributed by atoms with Gasteiger partial charge in [-0.15, -0.1) is 0 Å². The van der Waals surface area contributed by atoms with Crippen molar-refractivity contribution in [3.8, 4) is 16.9 Å². The topological polar surface area (TPSA) is 38.1 Å². The van der Waals surface area contributed by atoms with E-state index in [4.69, 9.17) is 5.10 Å². The fourth-order valence-corrected chi connectivity index (χ4v) is 4.04. The highest BCUT2D eigenvalue weighted by Gasteiger charge is 2.24. The van der Waals surface area contributed by atoms with Crippen LogP contribution in [0.15, 0.2) is 121 Å². The quantitative estimate of drug-likeness (QED) is 0.277. The Kier molecular flexibility index (Phi) is 6.48. The Hall–Kier alpha value is -4.51. The molecule has 0 unspecified atom stereocenters. The Labute approximate surface area is 203 Å². The molecule has 0 bridgehead atoms. The van der Waals surface area contributed by atoms with E-state index in [1.54, 1.807) is 23.0 Å². The van der Waals surface area contributed by atoms with E-state index >= 15 is 0 Å². The summed E-state index contributed by atoms with van der Waals surface area (Å²) in [5.41, 5.74) is 4.58. The van der Waals surface area contributed by atoms with Gasteiger partial charge in [0.2, 0.25) is 0 Å². The van der Waals surface area contributed by atoms with Crippen molar-refractivity contribution in [1.82, 2.24) is 14.7 Å². The van der Waals surface area contributed by atoms with Crippen LogP contribution in [0, 0.1) is 5.82 Å². The number of halogens is 1. The molecule has 0 atom stereocenters. The summed E-state index contributed by atoms with van der Waals surface area (Å²) in [6.45, 7) is 0.905. The number of hydrogen-bond donors (Lipinski definition) is 0. The molecule has 5 rings (SSSR count). The van der Waals surface area contributed by atoms with Gasteiger partial charge in [-0.05, 0) is 47.5 Å². The van der Waals surface area contributed by atoms with Gasteiger partial charge in [0.05, 0.1) is 11.3 Å². The first-order valence-electron chi connectivity index (χ1n) is 11.5. The smallest absolute Gasteiger partial charge is 0.258 e. The third-order valence-corrected chi connectivity index (χ3v) is 5.80. The molecule has 0 spiro atoms. The molecule has 0 aliphatic carbocycles. The largest absolute Gasteiger partial charge is 0.330 e. The van der Waals surface area contributed by atoms with Crippen LogP contribution in [0.5, 0.6) is 0 Å². The van der Waals surface area contributed by atoms with E-state index in [0.717, 1.165) is 16.8 Å². The highest BCUT2D eigenvalue weighted by molar-refractivity contribution is 6.00. The second-order valence-electron chi connectivity index (χ2n) is 8.31. The molecule has 0 aliphatic rings. The van der Waals surface area contributed by atoms with Crippen LogP contribution in [-0.4, -0.2) is 20.6 Å². The van der Waals surface area contributed by atoms with Crippen molar-refractivity contribution >= 4 is 5.91 Å². The van der Waals surface area contributed by atoms with E-state index in [1.807, 2.05) is 95.9 Å². The second kappa shape index (κ2) is 10.2. The van der Waals surface area contributed by atoms with Gasteiger partial charge in [0, 0.05) is 24.8 Å². The monoisotopic (exact) mass is 461 g/mol. The fraction of sp³-hybridized carbons (Fsp3) is 0.0667. The standard InChI is InChI=1S/C30H24FN3O/c31-26-18-16-25(17-19-26)29-28(22-34(32-29)27-14-8-3-9-15-27)30(35)33(20-23-10-4-1-5-11-23)21-24-12-6-2-7-13-24/h1-19,22H,20-21H2. The third kappa shape index (κ3) is 5.20. The number of nitrogens with zero attached hydrogens (tertiary/aromatic N) is 3. The SMILES string of the molecule is O=C(c1cn(-c2ccccc2)nc1-c1ccc(F)cc1)N(Cc1ccccc1)Cc1ccccc1. The van der Waals surface area contributed by atoms with Gasteiger partial charge >= 0.3 is 0 Å². The molecular weight excluding hydrogens is 437 g/mol. The van der Waals surface area contributed by atoms with Crippen molar-refractivity contribution in [3.63, 3.8) is 0 Å². The number of para-hydroxylation sites is 1. The van der Waals surface area contributed by atoms with Crippen molar-refractivity contribution < 1.29 is 9.18 Å². The first-order chi connectivity index (χ1) is 17.2. The Balaban J connectivity index is 1.58. The highest BCUT2D eigenvalue weighted by atomic mass is 19.1. The van der Waals surface area contributed by atoms with E-state index in [0.29, 0.717) is 29.9 Å². The Morgan fingerprint density at radius 3 is 1.77 bits per heavy atom. The Morgan fingerprint density at radius 2 is 1.23 bits per heavy atom. The first kappa shape index (κ1) is 22.3. The van der Waals surface area contributed by atoms with Gasteiger partial charge in [-0.3, -0.25) is 4.79 Å². The van der Waals surface area contributed by atoms with Crippen molar-refractivity contribution in [2.75, 3.05) is 0 Å². The number of carbonyl (C=O) groups excluding carboxylic acids is 1. The molecule has 4 nitrogen and oxygen atoms in total. The summed E-state index contributed by atoms with van der Waals surface area (Å²) in [6, 6.07) is 35.6. The summed E-state index contributed by atoms with van der Waals surface area (Å²) in [4.78, 5) is 15.9. The lowest BCUT2D eigenvalue weighted by Gasteiger charge is -2.23. The molecule has 0 saturated heterocycles. The number of aromatic nitrogens is 2. The van der Waals surface area contributed by atoms with E-state index in [-0.39, 0.29) is 11.7 Å². The normalized spacial score (nSPS) is 10.8. The molecule has 5 aromatic rings. The molecule has 0 aliphatic heterocycles. The first-order valence-corrected chi connectivity index (χ1v) is 11.5. The van der Waals surface area contributed by atoms with Crippen molar-refractivity contribution in [1.29, 1.82) is 0 Å². The Morgan fingerprint density at radius 1 is 0.714 bits per heavy atom. The molecular formula is C30H24FN3O. The van der Waals surface area contributed by atoms with Crippen molar-refractivity contribution in [2.24, 2.45) is 0 Å². The molecule has 0 N–H and O–H groups in total. The number of carbonyl (C=O) groups is 1. The molecule has 0 saturated carbocycles. The zero-order chi connectivity index (χ0) is 24.0. The van der Waals surface area contributed by atoms with Crippen LogP contribution >= 0.6 is 0 Å². The molecule has 1 amide bonds. The van der Waals surface area contributed by atoms with Gasteiger partial charge in [-0.1, -0.05) is 78.9 Å². The van der Waals surface area contributed by atoms with Crippen molar-refractivity contribution in [3.05, 3.63) is 144 Å². The van der Waals surface area contributed by atoms with Crippen molar-refractivity contribution in [2.45, 2.75) is 13.1 Å². The van der Waals surface area contributed by atoms with E-state index in [2.05, 4.69) is 0 Å². The molecule has 4 aromatic carbocycles. The van der Waals surface area contributed by atoms with E-state index in [9.17, 15) is 9.18 Å². The average molecular weight is 462 g/mol. The maximum absolute atomic E-state index is 14.1. The van der Waals surface area contributed by atoms with Crippen LogP contribution in [0.25, 0.3) is 16.9 Å². The van der Waals surface area contributed by atoms with Crippen LogP contribution in [0.3, 0.4) is 0 Å². The summed E-state index contributed by atoms with van der Waals surface area (Å²) in [5.74, 6) is -0.474. The molecule has 172 valence electrons. The lowest BCUT2D eigenvalue weighted by atomic mass is 10.1. The van der Waals surface area contributed by atoms with Gasteiger partial charge in [-0.2, -0.15) is 5.10 Å².